The second-order valence-electron chi connectivity index (χ2n) is 7.33. The van der Waals surface area contributed by atoms with Gasteiger partial charge in [-0.1, -0.05) is 39.0 Å². The SMILES string of the molecule is CC1Cc2ccccc2N(CC2CCC(C)(C)C2=O)C1. The van der Waals surface area contributed by atoms with Crippen molar-refractivity contribution in [2.75, 3.05) is 18.0 Å². The summed E-state index contributed by atoms with van der Waals surface area (Å²) in [7, 11) is 0. The molecular weight excluding hydrogens is 246 g/mol. The van der Waals surface area contributed by atoms with E-state index in [9.17, 15) is 4.79 Å². The molecule has 2 unspecified atom stereocenters. The Hall–Kier alpha value is -1.31. The lowest BCUT2D eigenvalue weighted by molar-refractivity contribution is -0.127. The maximum atomic E-state index is 12.5. The van der Waals surface area contributed by atoms with Crippen LogP contribution in [-0.2, 0) is 11.2 Å². The van der Waals surface area contributed by atoms with E-state index in [4.69, 9.17) is 0 Å². The Morgan fingerprint density at radius 2 is 2.05 bits per heavy atom. The van der Waals surface area contributed by atoms with E-state index in [1.54, 1.807) is 0 Å². The van der Waals surface area contributed by atoms with Gasteiger partial charge < -0.3 is 4.90 Å². The van der Waals surface area contributed by atoms with E-state index in [0.29, 0.717) is 11.7 Å². The molecule has 1 fully saturated rings. The number of Topliss-reactive ketones (excluding diaryl/α,β-unsaturated/α-hetero) is 1. The maximum Gasteiger partial charge on any atom is 0.143 e. The highest BCUT2D eigenvalue weighted by molar-refractivity contribution is 5.88. The lowest BCUT2D eigenvalue weighted by Crippen LogP contribution is -2.39. The monoisotopic (exact) mass is 271 g/mol. The van der Waals surface area contributed by atoms with Gasteiger partial charge in [0.2, 0.25) is 0 Å². The van der Waals surface area contributed by atoms with Gasteiger partial charge in [-0.2, -0.15) is 0 Å². The normalized spacial score (nSPS) is 28.6. The van der Waals surface area contributed by atoms with Crippen LogP contribution in [0, 0.1) is 17.3 Å². The summed E-state index contributed by atoms with van der Waals surface area (Å²) in [6, 6.07) is 8.69. The van der Waals surface area contributed by atoms with E-state index >= 15 is 0 Å². The molecule has 20 heavy (non-hydrogen) atoms. The number of anilines is 1. The first kappa shape index (κ1) is 13.7. The van der Waals surface area contributed by atoms with Gasteiger partial charge in [-0.05, 0) is 36.8 Å². The number of carbonyl (C=O) groups is 1. The van der Waals surface area contributed by atoms with Crippen LogP contribution in [0.2, 0.25) is 0 Å². The van der Waals surface area contributed by atoms with Crippen LogP contribution in [0.5, 0.6) is 0 Å². The largest absolute Gasteiger partial charge is 0.370 e. The van der Waals surface area contributed by atoms with Crippen LogP contribution in [0.25, 0.3) is 0 Å². The number of para-hydroxylation sites is 1. The lowest BCUT2D eigenvalue weighted by Gasteiger charge is -2.36. The van der Waals surface area contributed by atoms with Crippen molar-refractivity contribution in [1.82, 2.24) is 0 Å². The van der Waals surface area contributed by atoms with Crippen LogP contribution in [0.15, 0.2) is 24.3 Å². The molecule has 0 aromatic heterocycles. The number of ketones is 1. The summed E-state index contributed by atoms with van der Waals surface area (Å²) in [6.07, 6.45) is 3.26. The molecule has 1 saturated carbocycles. The zero-order valence-electron chi connectivity index (χ0n) is 12.9. The predicted molar refractivity (Wildman–Crippen MR) is 83.0 cm³/mol. The van der Waals surface area contributed by atoms with Crippen molar-refractivity contribution >= 4 is 11.5 Å². The lowest BCUT2D eigenvalue weighted by atomic mass is 9.88. The number of hydrogen-bond donors (Lipinski definition) is 0. The molecule has 3 rings (SSSR count). The Morgan fingerprint density at radius 3 is 2.75 bits per heavy atom. The molecule has 108 valence electrons. The first-order chi connectivity index (χ1) is 9.47. The molecule has 1 aromatic carbocycles. The summed E-state index contributed by atoms with van der Waals surface area (Å²) in [5, 5.41) is 0. The van der Waals surface area contributed by atoms with E-state index in [-0.39, 0.29) is 11.3 Å². The Kier molecular flexibility index (Phi) is 3.35. The molecule has 1 aliphatic carbocycles. The van der Waals surface area contributed by atoms with E-state index < -0.39 is 0 Å². The van der Waals surface area contributed by atoms with Crippen LogP contribution in [0.1, 0.15) is 39.2 Å². The third kappa shape index (κ3) is 2.36. The number of nitrogens with zero attached hydrogens (tertiary/aromatic N) is 1. The zero-order valence-corrected chi connectivity index (χ0v) is 12.9. The molecule has 0 spiro atoms. The molecule has 0 saturated heterocycles. The average molecular weight is 271 g/mol. The minimum atomic E-state index is -0.106. The average Bonchev–Trinajstić information content (AvgIpc) is 2.66. The number of rotatable bonds is 2. The van der Waals surface area contributed by atoms with Gasteiger partial charge in [0.25, 0.3) is 0 Å². The summed E-state index contributed by atoms with van der Waals surface area (Å²) in [5.41, 5.74) is 2.69. The predicted octanol–water partition coefficient (Wildman–Crippen LogP) is 3.69. The molecule has 2 atom stereocenters. The molecule has 2 heteroatoms. The number of benzene rings is 1. The smallest absolute Gasteiger partial charge is 0.143 e. The number of carbonyl (C=O) groups excluding carboxylic acids is 1. The van der Waals surface area contributed by atoms with Gasteiger partial charge in [0.05, 0.1) is 0 Å². The molecule has 2 aliphatic rings. The van der Waals surface area contributed by atoms with Crippen LogP contribution in [0.3, 0.4) is 0 Å². The number of fused-ring (bicyclic) bond motifs is 1. The van der Waals surface area contributed by atoms with E-state index in [1.807, 2.05) is 0 Å². The highest BCUT2D eigenvalue weighted by Gasteiger charge is 2.41. The van der Waals surface area contributed by atoms with Crippen molar-refractivity contribution < 1.29 is 4.79 Å². The van der Waals surface area contributed by atoms with Gasteiger partial charge in [-0.25, -0.2) is 0 Å². The molecule has 0 N–H and O–H groups in total. The van der Waals surface area contributed by atoms with Gasteiger partial charge >= 0.3 is 0 Å². The Labute approximate surface area is 122 Å². The Balaban J connectivity index is 1.80. The Morgan fingerprint density at radius 1 is 1.30 bits per heavy atom. The van der Waals surface area contributed by atoms with Gasteiger partial charge in [-0.3, -0.25) is 4.79 Å². The van der Waals surface area contributed by atoms with Crippen molar-refractivity contribution in [3.63, 3.8) is 0 Å². The topological polar surface area (TPSA) is 20.3 Å². The third-order valence-corrected chi connectivity index (χ3v) is 5.03. The first-order valence-electron chi connectivity index (χ1n) is 7.84. The molecule has 2 nitrogen and oxygen atoms in total. The molecule has 1 aliphatic heterocycles. The molecular formula is C18H25NO. The second kappa shape index (κ2) is 4.91. The standard InChI is InChI=1S/C18H25NO/c1-13-10-14-6-4-5-7-16(14)19(11-13)12-15-8-9-18(2,3)17(15)20/h4-7,13,15H,8-12H2,1-3H3. The number of hydrogen-bond acceptors (Lipinski definition) is 2. The van der Waals surface area contributed by atoms with E-state index in [0.717, 1.165) is 32.4 Å². The quantitative estimate of drug-likeness (QED) is 0.817. The van der Waals surface area contributed by atoms with Crippen LogP contribution in [0.4, 0.5) is 5.69 Å². The fourth-order valence-electron chi connectivity index (χ4n) is 3.86. The highest BCUT2D eigenvalue weighted by atomic mass is 16.1. The van der Waals surface area contributed by atoms with Crippen molar-refractivity contribution in [1.29, 1.82) is 0 Å². The fraction of sp³-hybridized carbons (Fsp3) is 0.611. The molecule has 0 radical (unpaired) electrons. The minimum absolute atomic E-state index is 0.106. The van der Waals surface area contributed by atoms with Crippen LogP contribution < -0.4 is 4.90 Å². The van der Waals surface area contributed by atoms with Crippen LogP contribution in [-0.4, -0.2) is 18.9 Å². The molecule has 0 bridgehead atoms. The third-order valence-electron chi connectivity index (χ3n) is 5.03. The zero-order chi connectivity index (χ0) is 14.3. The minimum Gasteiger partial charge on any atom is -0.370 e. The van der Waals surface area contributed by atoms with Crippen molar-refractivity contribution in [3.05, 3.63) is 29.8 Å². The summed E-state index contributed by atoms with van der Waals surface area (Å²) >= 11 is 0. The molecule has 0 amide bonds. The first-order valence-corrected chi connectivity index (χ1v) is 7.84. The molecule has 1 aromatic rings. The Bertz CT molecular complexity index is 520. The fourth-order valence-corrected chi connectivity index (χ4v) is 3.86. The van der Waals surface area contributed by atoms with Gasteiger partial charge in [0, 0.05) is 30.1 Å². The van der Waals surface area contributed by atoms with Crippen molar-refractivity contribution in [3.8, 4) is 0 Å². The molecule has 1 heterocycles. The summed E-state index contributed by atoms with van der Waals surface area (Å²) < 4.78 is 0. The van der Waals surface area contributed by atoms with Gasteiger partial charge in [-0.15, -0.1) is 0 Å². The van der Waals surface area contributed by atoms with Crippen molar-refractivity contribution in [2.45, 2.75) is 40.0 Å². The van der Waals surface area contributed by atoms with Gasteiger partial charge in [0.1, 0.15) is 5.78 Å². The van der Waals surface area contributed by atoms with E-state index in [2.05, 4.69) is 49.9 Å². The van der Waals surface area contributed by atoms with Crippen molar-refractivity contribution in [2.24, 2.45) is 17.3 Å². The maximum absolute atomic E-state index is 12.5. The summed E-state index contributed by atoms with van der Waals surface area (Å²) in [4.78, 5) is 14.9. The second-order valence-corrected chi connectivity index (χ2v) is 7.33. The van der Waals surface area contributed by atoms with Gasteiger partial charge in [0.15, 0.2) is 0 Å². The van der Waals surface area contributed by atoms with Crippen LogP contribution >= 0.6 is 0 Å². The summed E-state index contributed by atoms with van der Waals surface area (Å²) in [5.74, 6) is 1.37. The van der Waals surface area contributed by atoms with E-state index in [1.165, 1.54) is 11.3 Å². The summed E-state index contributed by atoms with van der Waals surface area (Å²) in [6.45, 7) is 8.50. The highest BCUT2D eigenvalue weighted by Crippen LogP contribution is 2.39.